The summed E-state index contributed by atoms with van der Waals surface area (Å²) in [4.78, 5) is 49.2. The van der Waals surface area contributed by atoms with Gasteiger partial charge in [0.2, 0.25) is 11.8 Å². The van der Waals surface area contributed by atoms with E-state index in [1.807, 2.05) is 49.4 Å². The Kier molecular flexibility index (Phi) is 7.26. The van der Waals surface area contributed by atoms with Crippen molar-refractivity contribution < 1.29 is 28.7 Å². The zero-order chi connectivity index (χ0) is 24.3. The predicted molar refractivity (Wildman–Crippen MR) is 123 cm³/mol. The maximum absolute atomic E-state index is 13.5. The van der Waals surface area contributed by atoms with E-state index in [2.05, 4.69) is 5.32 Å². The van der Waals surface area contributed by atoms with Crippen LogP contribution >= 0.6 is 0 Å². The molecule has 2 unspecified atom stereocenters. The summed E-state index contributed by atoms with van der Waals surface area (Å²) in [6.07, 6.45) is -0.881. The molecule has 0 spiro atoms. The second-order valence-corrected chi connectivity index (χ2v) is 8.58. The van der Waals surface area contributed by atoms with E-state index in [4.69, 9.17) is 5.11 Å². The minimum Gasteiger partial charge on any atom is -0.481 e. The van der Waals surface area contributed by atoms with Crippen molar-refractivity contribution in [2.24, 2.45) is 11.8 Å². The van der Waals surface area contributed by atoms with Gasteiger partial charge in [-0.05, 0) is 30.5 Å². The number of amides is 1. The van der Waals surface area contributed by atoms with Crippen molar-refractivity contribution in [3.05, 3.63) is 48.0 Å². The van der Waals surface area contributed by atoms with Crippen LogP contribution in [-0.2, 0) is 14.4 Å². The van der Waals surface area contributed by atoms with Gasteiger partial charge in [0.15, 0.2) is 5.78 Å². The van der Waals surface area contributed by atoms with Gasteiger partial charge in [0.05, 0.1) is 17.5 Å². The van der Waals surface area contributed by atoms with Crippen LogP contribution in [0.4, 0.5) is 4.39 Å². The second-order valence-electron chi connectivity index (χ2n) is 8.58. The van der Waals surface area contributed by atoms with Crippen LogP contribution in [0.5, 0.6) is 0 Å². The number of nitrogens with one attached hydrogen (secondary N) is 1. The highest BCUT2D eigenvalue weighted by Crippen LogP contribution is 2.31. The number of aromatic nitrogens is 1. The molecule has 0 bridgehead atoms. The van der Waals surface area contributed by atoms with E-state index in [1.54, 1.807) is 18.4 Å². The van der Waals surface area contributed by atoms with Gasteiger partial charge in [-0.25, -0.2) is 4.39 Å². The number of carbonyl (C=O) groups excluding carboxylic acids is 3. The highest BCUT2D eigenvalue weighted by Gasteiger charge is 2.31. The van der Waals surface area contributed by atoms with E-state index in [9.17, 15) is 23.6 Å². The molecule has 2 atom stereocenters. The number of benzene rings is 2. The van der Waals surface area contributed by atoms with Crippen molar-refractivity contribution in [3.8, 4) is 0 Å². The van der Waals surface area contributed by atoms with Gasteiger partial charge in [-0.2, -0.15) is 0 Å². The predicted octanol–water partition coefficient (Wildman–Crippen LogP) is 3.90. The van der Waals surface area contributed by atoms with Crippen molar-refractivity contribution in [1.29, 1.82) is 0 Å². The fraction of sp³-hybridized carbons (Fsp3) is 0.360. The first kappa shape index (κ1) is 24.1. The van der Waals surface area contributed by atoms with Crippen LogP contribution in [0.25, 0.3) is 21.8 Å². The Balaban J connectivity index is 1.94. The highest BCUT2D eigenvalue weighted by molar-refractivity contribution is 6.13. The SMILES string of the molecule is Cc1ccc2c3ccccc3n(C(=O)CC(C(=O)NC(CC(=O)O)C(=O)CF)C(C)C)c2c1. The van der Waals surface area contributed by atoms with Gasteiger partial charge < -0.3 is 10.4 Å². The van der Waals surface area contributed by atoms with Gasteiger partial charge in [0.1, 0.15) is 12.7 Å². The largest absolute Gasteiger partial charge is 0.481 e. The van der Waals surface area contributed by atoms with Gasteiger partial charge in [-0.15, -0.1) is 0 Å². The maximum atomic E-state index is 13.5. The Morgan fingerprint density at radius 2 is 1.67 bits per heavy atom. The van der Waals surface area contributed by atoms with Gasteiger partial charge in [-0.3, -0.25) is 23.7 Å². The Bertz CT molecular complexity index is 1230. The molecule has 0 fully saturated rings. The van der Waals surface area contributed by atoms with Crippen LogP contribution in [0, 0.1) is 18.8 Å². The normalized spacial score (nSPS) is 13.2. The summed E-state index contributed by atoms with van der Waals surface area (Å²) < 4.78 is 14.5. The van der Waals surface area contributed by atoms with Gasteiger partial charge in [0.25, 0.3) is 0 Å². The monoisotopic (exact) mass is 454 g/mol. The molecule has 0 aliphatic carbocycles. The summed E-state index contributed by atoms with van der Waals surface area (Å²) in [5.74, 6) is -4.41. The number of para-hydroxylation sites is 1. The first-order chi connectivity index (χ1) is 15.6. The van der Waals surface area contributed by atoms with Crippen molar-refractivity contribution in [2.45, 2.75) is 39.7 Å². The lowest BCUT2D eigenvalue weighted by molar-refractivity contribution is -0.140. The topological polar surface area (TPSA) is 105 Å². The van der Waals surface area contributed by atoms with Crippen LogP contribution in [0.1, 0.15) is 37.0 Å². The van der Waals surface area contributed by atoms with Crippen molar-refractivity contribution in [1.82, 2.24) is 9.88 Å². The average Bonchev–Trinajstić information content (AvgIpc) is 3.09. The Morgan fingerprint density at radius 3 is 2.30 bits per heavy atom. The number of halogens is 1. The molecule has 174 valence electrons. The molecule has 7 nitrogen and oxygen atoms in total. The highest BCUT2D eigenvalue weighted by atomic mass is 19.1. The molecule has 8 heteroatoms. The van der Waals surface area contributed by atoms with Crippen LogP contribution in [0.3, 0.4) is 0 Å². The number of fused-ring (bicyclic) bond motifs is 3. The standard InChI is InChI=1S/C25H27FN2O5/c1-14(2)18(25(33)27-19(12-24(31)32)22(29)13-26)11-23(30)28-20-7-5-4-6-16(20)17-9-8-15(3)10-21(17)28/h4-10,14,18-19H,11-13H2,1-3H3,(H,27,33)(H,31,32). The summed E-state index contributed by atoms with van der Waals surface area (Å²) >= 11 is 0. The Hall–Kier alpha value is -3.55. The van der Waals surface area contributed by atoms with E-state index in [0.29, 0.717) is 0 Å². The molecular formula is C25H27FN2O5. The zero-order valence-corrected chi connectivity index (χ0v) is 18.8. The number of Topliss-reactive ketones (excluding diaryl/α,β-unsaturated/α-hetero) is 1. The average molecular weight is 454 g/mol. The number of hydrogen-bond acceptors (Lipinski definition) is 4. The summed E-state index contributed by atoms with van der Waals surface area (Å²) in [5, 5.41) is 13.2. The number of nitrogens with zero attached hydrogens (tertiary/aromatic N) is 1. The third kappa shape index (κ3) is 5.10. The molecule has 3 rings (SSSR count). The molecule has 3 aromatic rings. The third-order valence-electron chi connectivity index (χ3n) is 5.83. The Morgan fingerprint density at radius 1 is 1.00 bits per heavy atom. The van der Waals surface area contributed by atoms with E-state index >= 15 is 0 Å². The summed E-state index contributed by atoms with van der Waals surface area (Å²) in [6.45, 7) is 4.07. The maximum Gasteiger partial charge on any atom is 0.305 e. The molecule has 1 heterocycles. The number of carboxylic acid groups (broad SMARTS) is 1. The molecule has 1 amide bonds. The van der Waals surface area contributed by atoms with Gasteiger partial charge >= 0.3 is 5.97 Å². The molecule has 2 aromatic carbocycles. The number of ketones is 1. The number of hydrogen-bond donors (Lipinski definition) is 2. The Labute approximate surface area is 190 Å². The smallest absolute Gasteiger partial charge is 0.305 e. The second kappa shape index (κ2) is 9.94. The van der Waals surface area contributed by atoms with Crippen molar-refractivity contribution in [3.63, 3.8) is 0 Å². The molecule has 0 aliphatic heterocycles. The lowest BCUT2D eigenvalue weighted by Crippen LogP contribution is -2.47. The fourth-order valence-electron chi connectivity index (χ4n) is 4.05. The van der Waals surface area contributed by atoms with E-state index in [1.165, 1.54) is 0 Å². The summed E-state index contributed by atoms with van der Waals surface area (Å²) in [5.41, 5.74) is 2.45. The fourth-order valence-corrected chi connectivity index (χ4v) is 4.05. The lowest BCUT2D eigenvalue weighted by Gasteiger charge is -2.23. The number of carboxylic acids is 1. The van der Waals surface area contributed by atoms with Crippen LogP contribution in [0.2, 0.25) is 0 Å². The molecule has 1 aromatic heterocycles. The van der Waals surface area contributed by atoms with Crippen molar-refractivity contribution in [2.75, 3.05) is 6.67 Å². The number of aliphatic carboxylic acids is 1. The zero-order valence-electron chi connectivity index (χ0n) is 18.8. The molecule has 0 saturated heterocycles. The van der Waals surface area contributed by atoms with E-state index < -0.39 is 42.7 Å². The molecule has 0 radical (unpaired) electrons. The minimum absolute atomic E-state index is 0.158. The summed E-state index contributed by atoms with van der Waals surface area (Å²) in [7, 11) is 0. The number of carbonyl (C=O) groups is 4. The first-order valence-corrected chi connectivity index (χ1v) is 10.8. The third-order valence-corrected chi connectivity index (χ3v) is 5.83. The molecule has 0 aliphatic rings. The number of alkyl halides is 1. The summed E-state index contributed by atoms with van der Waals surface area (Å²) in [6, 6.07) is 11.9. The van der Waals surface area contributed by atoms with Crippen LogP contribution in [-0.4, -0.2) is 46.0 Å². The first-order valence-electron chi connectivity index (χ1n) is 10.8. The molecular weight excluding hydrogens is 427 g/mol. The van der Waals surface area contributed by atoms with E-state index in [0.717, 1.165) is 27.4 Å². The van der Waals surface area contributed by atoms with Gasteiger partial charge in [-0.1, -0.05) is 44.2 Å². The molecule has 0 saturated carbocycles. The lowest BCUT2D eigenvalue weighted by atomic mass is 9.90. The quantitative estimate of drug-likeness (QED) is 0.510. The van der Waals surface area contributed by atoms with E-state index in [-0.39, 0.29) is 18.2 Å². The van der Waals surface area contributed by atoms with Crippen LogP contribution in [0.15, 0.2) is 42.5 Å². The number of rotatable bonds is 9. The minimum atomic E-state index is -1.48. The number of aryl methyl sites for hydroxylation is 1. The van der Waals surface area contributed by atoms with Crippen LogP contribution < -0.4 is 5.32 Å². The van der Waals surface area contributed by atoms with Crippen molar-refractivity contribution >= 4 is 45.4 Å². The molecule has 2 N–H and O–H groups in total. The van der Waals surface area contributed by atoms with Gasteiger partial charge in [0, 0.05) is 23.1 Å². The molecule has 33 heavy (non-hydrogen) atoms.